The van der Waals surface area contributed by atoms with Crippen molar-refractivity contribution in [3.63, 3.8) is 0 Å². The van der Waals surface area contributed by atoms with Crippen LogP contribution in [0.4, 0.5) is 4.39 Å². The molecule has 1 atom stereocenters. The molecule has 188 valence electrons. The zero-order valence-electron chi connectivity index (χ0n) is 20.4. The molecule has 34 heavy (non-hydrogen) atoms. The van der Waals surface area contributed by atoms with Crippen LogP contribution < -0.4 is 4.74 Å². The Bertz CT molecular complexity index is 955. The highest BCUT2D eigenvalue weighted by atomic mass is 32.3. The number of hydrogen-bond acceptors (Lipinski definition) is 5. The van der Waals surface area contributed by atoms with E-state index in [1.165, 1.54) is 19.2 Å². The van der Waals surface area contributed by atoms with Gasteiger partial charge in [-0.1, -0.05) is 69.9 Å². The monoisotopic (exact) mass is 492 g/mol. The summed E-state index contributed by atoms with van der Waals surface area (Å²) in [6, 6.07) is 12.7. The molecule has 2 N–H and O–H groups in total. The Morgan fingerprint density at radius 1 is 1.12 bits per heavy atom. The quantitative estimate of drug-likeness (QED) is 0.338. The zero-order valence-corrected chi connectivity index (χ0v) is 21.2. The number of hydrogen-bond donors (Lipinski definition) is 2. The first-order chi connectivity index (χ1) is 16.2. The van der Waals surface area contributed by atoms with Gasteiger partial charge in [-0.05, 0) is 41.9 Å². The van der Waals surface area contributed by atoms with Gasteiger partial charge in [0.2, 0.25) is 0 Å². The molecule has 7 heteroatoms. The number of carbonyl (C=O) groups excluding carboxylic acids is 1. The lowest BCUT2D eigenvalue weighted by Crippen LogP contribution is -2.29. The van der Waals surface area contributed by atoms with Gasteiger partial charge in [0.15, 0.2) is 18.2 Å². The lowest BCUT2D eigenvalue weighted by Gasteiger charge is -2.42. The summed E-state index contributed by atoms with van der Waals surface area (Å²) < 4.78 is 48.1. The van der Waals surface area contributed by atoms with Crippen LogP contribution in [0.5, 0.6) is 5.75 Å². The maximum Gasteiger partial charge on any atom is 0.343 e. The van der Waals surface area contributed by atoms with Crippen molar-refractivity contribution in [2.75, 3.05) is 19.5 Å². The summed E-state index contributed by atoms with van der Waals surface area (Å²) in [5.74, 6) is -1.37. The SMILES string of the molecule is CCCCC1(CCCC)CC(c2ccccc2)c2cc(F)c(OCC(=O)OC)cc2S(O)(O)C1. The summed E-state index contributed by atoms with van der Waals surface area (Å²) in [7, 11) is -2.01. The van der Waals surface area contributed by atoms with E-state index in [1.54, 1.807) is 0 Å². The normalized spacial score (nSPS) is 19.5. The van der Waals surface area contributed by atoms with Gasteiger partial charge >= 0.3 is 5.97 Å². The first kappa shape index (κ1) is 26.5. The van der Waals surface area contributed by atoms with E-state index in [2.05, 4.69) is 18.6 Å². The minimum Gasteiger partial charge on any atom is -0.479 e. The maximum atomic E-state index is 15.2. The molecule has 3 rings (SSSR count). The molecule has 1 aliphatic rings. The Kier molecular flexibility index (Phi) is 9.01. The van der Waals surface area contributed by atoms with Gasteiger partial charge in [-0.2, -0.15) is 10.6 Å². The number of halogens is 1. The van der Waals surface area contributed by atoms with Gasteiger partial charge in [-0.15, -0.1) is 0 Å². The van der Waals surface area contributed by atoms with Gasteiger partial charge in [0.25, 0.3) is 0 Å². The number of benzene rings is 2. The second-order valence-electron chi connectivity index (χ2n) is 9.37. The highest BCUT2D eigenvalue weighted by Crippen LogP contribution is 2.63. The molecule has 0 radical (unpaired) electrons. The third kappa shape index (κ3) is 6.12. The van der Waals surface area contributed by atoms with E-state index >= 15 is 4.39 Å². The van der Waals surface area contributed by atoms with Crippen molar-refractivity contribution < 1.29 is 27.8 Å². The van der Waals surface area contributed by atoms with E-state index in [-0.39, 0.29) is 22.8 Å². The standard InChI is InChI=1S/C27H37FO5S/c1-4-6-13-27(14-7-5-2)17-22(20-11-9-8-10-12-20)21-15-23(28)24(33-18-26(29)32-3)16-25(21)34(30,31)19-27/h8-12,15-16,22,30-31H,4-7,13-14,17-19H2,1-3H3. The fraction of sp³-hybridized carbons (Fsp3) is 0.519. The Morgan fingerprint density at radius 3 is 2.35 bits per heavy atom. The van der Waals surface area contributed by atoms with Crippen molar-refractivity contribution in [1.29, 1.82) is 0 Å². The van der Waals surface area contributed by atoms with E-state index in [0.29, 0.717) is 10.5 Å². The van der Waals surface area contributed by atoms with Gasteiger partial charge in [-0.25, -0.2) is 9.18 Å². The third-order valence-corrected chi connectivity index (χ3v) is 8.91. The van der Waals surface area contributed by atoms with Crippen molar-refractivity contribution in [3.05, 3.63) is 59.4 Å². The lowest BCUT2D eigenvalue weighted by atomic mass is 9.70. The van der Waals surface area contributed by atoms with Crippen LogP contribution in [0, 0.1) is 11.2 Å². The summed E-state index contributed by atoms with van der Waals surface area (Å²) >= 11 is 0. The van der Waals surface area contributed by atoms with Gasteiger partial charge in [0, 0.05) is 17.7 Å². The molecule has 0 aromatic heterocycles. The molecule has 0 saturated carbocycles. The largest absolute Gasteiger partial charge is 0.479 e. The Labute approximate surface area is 204 Å². The van der Waals surface area contributed by atoms with E-state index in [4.69, 9.17) is 4.74 Å². The van der Waals surface area contributed by atoms with Crippen molar-refractivity contribution in [2.45, 2.75) is 69.6 Å². The minimum atomic E-state index is -3.23. The van der Waals surface area contributed by atoms with Crippen LogP contribution in [-0.4, -0.2) is 34.5 Å². The molecular weight excluding hydrogens is 455 g/mol. The summed E-state index contributed by atoms with van der Waals surface area (Å²) in [6.45, 7) is 3.84. The topological polar surface area (TPSA) is 76.0 Å². The Morgan fingerprint density at radius 2 is 1.76 bits per heavy atom. The molecule has 0 bridgehead atoms. The van der Waals surface area contributed by atoms with Crippen LogP contribution in [0.15, 0.2) is 47.4 Å². The minimum absolute atomic E-state index is 0.175. The van der Waals surface area contributed by atoms with Crippen molar-refractivity contribution in [2.24, 2.45) is 5.41 Å². The maximum absolute atomic E-state index is 15.2. The molecule has 1 aliphatic heterocycles. The smallest absolute Gasteiger partial charge is 0.343 e. The molecule has 1 heterocycles. The predicted molar refractivity (Wildman–Crippen MR) is 134 cm³/mol. The molecule has 0 aliphatic carbocycles. The Hall–Kier alpha value is -2.09. The van der Waals surface area contributed by atoms with E-state index in [9.17, 15) is 13.9 Å². The second kappa shape index (κ2) is 11.6. The van der Waals surface area contributed by atoms with Crippen LogP contribution in [0.3, 0.4) is 0 Å². The average molecular weight is 493 g/mol. The van der Waals surface area contributed by atoms with Crippen LogP contribution in [0.2, 0.25) is 0 Å². The van der Waals surface area contributed by atoms with Gasteiger partial charge < -0.3 is 9.47 Å². The van der Waals surface area contributed by atoms with Crippen LogP contribution in [0.25, 0.3) is 0 Å². The van der Waals surface area contributed by atoms with E-state index < -0.39 is 29.0 Å². The van der Waals surface area contributed by atoms with Crippen LogP contribution >= 0.6 is 10.6 Å². The zero-order chi connectivity index (χ0) is 24.8. The average Bonchev–Trinajstić information content (AvgIpc) is 2.92. The summed E-state index contributed by atoms with van der Waals surface area (Å²) in [4.78, 5) is 11.8. The molecule has 0 fully saturated rings. The molecule has 1 unspecified atom stereocenters. The second-order valence-corrected chi connectivity index (χ2v) is 11.4. The first-order valence-electron chi connectivity index (χ1n) is 12.1. The van der Waals surface area contributed by atoms with Gasteiger partial charge in [-0.3, -0.25) is 9.11 Å². The molecule has 2 aromatic carbocycles. The fourth-order valence-corrected chi connectivity index (χ4v) is 7.37. The molecule has 2 aromatic rings. The highest BCUT2D eigenvalue weighted by Gasteiger charge is 2.43. The van der Waals surface area contributed by atoms with E-state index in [0.717, 1.165) is 50.5 Å². The summed E-state index contributed by atoms with van der Waals surface area (Å²) in [5.41, 5.74) is 1.35. The lowest BCUT2D eigenvalue weighted by molar-refractivity contribution is -0.142. The number of methoxy groups -OCH3 is 1. The number of ether oxygens (including phenoxy) is 2. The van der Waals surface area contributed by atoms with Crippen molar-refractivity contribution in [1.82, 2.24) is 0 Å². The van der Waals surface area contributed by atoms with Crippen molar-refractivity contribution in [3.8, 4) is 5.75 Å². The first-order valence-corrected chi connectivity index (χ1v) is 13.8. The molecule has 0 saturated heterocycles. The third-order valence-electron chi connectivity index (χ3n) is 6.83. The highest BCUT2D eigenvalue weighted by molar-refractivity contribution is 8.24. The molecule has 0 amide bonds. The van der Waals surface area contributed by atoms with Crippen LogP contribution in [-0.2, 0) is 9.53 Å². The molecule has 5 nitrogen and oxygen atoms in total. The van der Waals surface area contributed by atoms with Crippen molar-refractivity contribution >= 4 is 16.6 Å². The predicted octanol–water partition coefficient (Wildman–Crippen LogP) is 7.39. The Balaban J connectivity index is 2.15. The number of rotatable bonds is 10. The molecule has 0 spiro atoms. The number of carbonyl (C=O) groups is 1. The fourth-order valence-electron chi connectivity index (χ4n) is 5.08. The number of unbranched alkanes of at least 4 members (excludes halogenated alkanes) is 2. The van der Waals surface area contributed by atoms with Gasteiger partial charge in [0.1, 0.15) is 0 Å². The number of esters is 1. The van der Waals surface area contributed by atoms with Crippen LogP contribution in [0.1, 0.15) is 75.8 Å². The summed E-state index contributed by atoms with van der Waals surface area (Å²) in [5, 5.41) is 0. The summed E-state index contributed by atoms with van der Waals surface area (Å²) in [6.07, 6.45) is 6.56. The van der Waals surface area contributed by atoms with Gasteiger partial charge in [0.05, 0.1) is 12.0 Å². The molecular formula is C27H37FO5S. The van der Waals surface area contributed by atoms with E-state index in [1.807, 2.05) is 30.3 Å². The number of fused-ring (bicyclic) bond motifs is 1.